The number of carboxylic acids is 1. The number of hydrogen-bond donors (Lipinski definition) is 1. The van der Waals surface area contributed by atoms with Crippen LogP contribution in [0.4, 0.5) is 0 Å². The van der Waals surface area contributed by atoms with Crippen molar-refractivity contribution in [1.29, 1.82) is 0 Å². The first-order valence-corrected chi connectivity index (χ1v) is 5.39. The number of carboxylic acid groups (broad SMARTS) is 1. The molecule has 0 spiro atoms. The Labute approximate surface area is 90.9 Å². The molecule has 1 aromatic rings. The Hall–Kier alpha value is -1.31. The van der Waals surface area contributed by atoms with Gasteiger partial charge in [-0.25, -0.2) is 0 Å². The van der Waals surface area contributed by atoms with Gasteiger partial charge in [0.25, 0.3) is 0 Å². The Morgan fingerprint density at radius 1 is 1.33 bits per heavy atom. The highest BCUT2D eigenvalue weighted by Gasteiger charge is 2.14. The van der Waals surface area contributed by atoms with Crippen molar-refractivity contribution in [3.8, 4) is 0 Å². The first kappa shape index (κ1) is 11.8. The van der Waals surface area contributed by atoms with Crippen LogP contribution in [0.25, 0.3) is 0 Å². The highest BCUT2D eigenvalue weighted by Crippen LogP contribution is 2.23. The smallest absolute Gasteiger partial charge is 0.310 e. The second kappa shape index (κ2) is 4.96. The monoisotopic (exact) mass is 206 g/mol. The fourth-order valence-electron chi connectivity index (χ4n) is 1.51. The van der Waals surface area contributed by atoms with Crippen LogP contribution in [0.3, 0.4) is 0 Å². The third-order valence-corrected chi connectivity index (χ3v) is 2.96. The molecule has 0 bridgehead atoms. The summed E-state index contributed by atoms with van der Waals surface area (Å²) in [6, 6.07) is 7.89. The quantitative estimate of drug-likeness (QED) is 0.819. The Morgan fingerprint density at radius 2 is 1.93 bits per heavy atom. The molecule has 0 aliphatic heterocycles. The summed E-state index contributed by atoms with van der Waals surface area (Å²) in [5.74, 6) is -0.698. The minimum absolute atomic E-state index is 0.422. The summed E-state index contributed by atoms with van der Waals surface area (Å²) < 4.78 is 0. The van der Waals surface area contributed by atoms with Crippen molar-refractivity contribution >= 4 is 5.97 Å². The van der Waals surface area contributed by atoms with Crippen LogP contribution in [-0.4, -0.2) is 11.1 Å². The molecule has 0 heterocycles. The van der Waals surface area contributed by atoms with Crippen molar-refractivity contribution in [3.05, 3.63) is 35.4 Å². The first-order valence-electron chi connectivity index (χ1n) is 5.39. The van der Waals surface area contributed by atoms with Gasteiger partial charge in [-0.2, -0.15) is 0 Å². The van der Waals surface area contributed by atoms with Crippen molar-refractivity contribution in [3.63, 3.8) is 0 Å². The van der Waals surface area contributed by atoms with Gasteiger partial charge < -0.3 is 5.11 Å². The lowest BCUT2D eigenvalue weighted by Gasteiger charge is -2.12. The van der Waals surface area contributed by atoms with Crippen LogP contribution in [0.15, 0.2) is 24.3 Å². The lowest BCUT2D eigenvalue weighted by Crippen LogP contribution is -2.07. The summed E-state index contributed by atoms with van der Waals surface area (Å²) in [4.78, 5) is 10.9. The Bertz CT molecular complexity index is 344. The van der Waals surface area contributed by atoms with E-state index in [4.69, 9.17) is 5.11 Å². The Kier molecular flexibility index (Phi) is 3.89. The van der Waals surface area contributed by atoms with Gasteiger partial charge in [0.2, 0.25) is 0 Å². The molecular formula is C13H18O2. The van der Waals surface area contributed by atoms with E-state index in [0.717, 1.165) is 12.0 Å². The summed E-state index contributed by atoms with van der Waals surface area (Å²) in [6.45, 7) is 6.01. The van der Waals surface area contributed by atoms with E-state index in [1.807, 2.05) is 18.2 Å². The van der Waals surface area contributed by atoms with E-state index in [0.29, 0.717) is 5.92 Å². The van der Waals surface area contributed by atoms with Gasteiger partial charge in [0.05, 0.1) is 5.92 Å². The van der Waals surface area contributed by atoms with Gasteiger partial charge in [-0.05, 0) is 30.4 Å². The molecule has 2 heteroatoms. The zero-order valence-electron chi connectivity index (χ0n) is 9.53. The molecule has 2 atom stereocenters. The van der Waals surface area contributed by atoms with Gasteiger partial charge in [0.15, 0.2) is 0 Å². The maximum Gasteiger partial charge on any atom is 0.310 e. The van der Waals surface area contributed by atoms with Crippen LogP contribution in [-0.2, 0) is 4.79 Å². The van der Waals surface area contributed by atoms with Gasteiger partial charge in [0.1, 0.15) is 0 Å². The largest absolute Gasteiger partial charge is 0.481 e. The fourth-order valence-corrected chi connectivity index (χ4v) is 1.51. The van der Waals surface area contributed by atoms with Crippen molar-refractivity contribution in [1.82, 2.24) is 0 Å². The summed E-state index contributed by atoms with van der Waals surface area (Å²) in [5, 5.41) is 8.92. The molecule has 0 aliphatic rings. The van der Waals surface area contributed by atoms with Crippen LogP contribution in [0.1, 0.15) is 50.2 Å². The van der Waals surface area contributed by atoms with Crippen LogP contribution in [0.2, 0.25) is 0 Å². The number of hydrogen-bond acceptors (Lipinski definition) is 1. The van der Waals surface area contributed by atoms with E-state index < -0.39 is 11.9 Å². The number of carbonyl (C=O) groups is 1. The van der Waals surface area contributed by atoms with Crippen LogP contribution < -0.4 is 0 Å². The van der Waals surface area contributed by atoms with E-state index in [1.54, 1.807) is 6.92 Å². The molecule has 1 rings (SSSR count). The number of benzene rings is 1. The SMILES string of the molecule is CC[C@@H](C)c1cccc([C@H](C)C(=O)O)c1. The molecule has 82 valence electrons. The lowest BCUT2D eigenvalue weighted by atomic mass is 9.93. The maximum atomic E-state index is 10.9. The van der Waals surface area contributed by atoms with Gasteiger partial charge in [-0.15, -0.1) is 0 Å². The zero-order valence-corrected chi connectivity index (χ0v) is 9.53. The van der Waals surface area contributed by atoms with E-state index in [1.165, 1.54) is 5.56 Å². The van der Waals surface area contributed by atoms with Crippen LogP contribution in [0, 0.1) is 0 Å². The van der Waals surface area contributed by atoms with Crippen LogP contribution >= 0.6 is 0 Å². The molecule has 0 amide bonds. The van der Waals surface area contributed by atoms with Gasteiger partial charge in [-0.1, -0.05) is 38.1 Å². The molecule has 1 N–H and O–H groups in total. The molecule has 0 unspecified atom stereocenters. The zero-order chi connectivity index (χ0) is 11.4. The molecule has 0 aromatic heterocycles. The average Bonchev–Trinajstić information content (AvgIpc) is 2.27. The predicted octanol–water partition coefficient (Wildman–Crippen LogP) is 3.39. The lowest BCUT2D eigenvalue weighted by molar-refractivity contribution is -0.138. The van der Waals surface area contributed by atoms with E-state index >= 15 is 0 Å². The Morgan fingerprint density at radius 3 is 2.47 bits per heavy atom. The van der Waals surface area contributed by atoms with E-state index in [9.17, 15) is 4.79 Å². The van der Waals surface area contributed by atoms with E-state index in [-0.39, 0.29) is 0 Å². The van der Waals surface area contributed by atoms with Crippen LogP contribution in [0.5, 0.6) is 0 Å². The molecule has 15 heavy (non-hydrogen) atoms. The maximum absolute atomic E-state index is 10.9. The highest BCUT2D eigenvalue weighted by molar-refractivity contribution is 5.75. The second-order valence-corrected chi connectivity index (χ2v) is 4.04. The average molecular weight is 206 g/mol. The topological polar surface area (TPSA) is 37.3 Å². The predicted molar refractivity (Wildman–Crippen MR) is 61.2 cm³/mol. The summed E-state index contributed by atoms with van der Waals surface area (Å²) in [5.41, 5.74) is 2.11. The molecule has 0 saturated heterocycles. The van der Waals surface area contributed by atoms with Gasteiger partial charge in [0, 0.05) is 0 Å². The summed E-state index contributed by atoms with van der Waals surface area (Å²) in [6.07, 6.45) is 1.07. The first-order chi connectivity index (χ1) is 7.06. The molecule has 0 radical (unpaired) electrons. The molecule has 0 aliphatic carbocycles. The minimum atomic E-state index is -0.767. The summed E-state index contributed by atoms with van der Waals surface area (Å²) in [7, 11) is 0. The molecule has 2 nitrogen and oxygen atoms in total. The third-order valence-electron chi connectivity index (χ3n) is 2.96. The van der Waals surface area contributed by atoms with Crippen molar-refractivity contribution in [2.75, 3.05) is 0 Å². The van der Waals surface area contributed by atoms with E-state index in [2.05, 4.69) is 19.9 Å². The highest BCUT2D eigenvalue weighted by atomic mass is 16.4. The minimum Gasteiger partial charge on any atom is -0.481 e. The fraction of sp³-hybridized carbons (Fsp3) is 0.462. The standard InChI is InChI=1S/C13H18O2/c1-4-9(2)11-6-5-7-12(8-11)10(3)13(14)15/h5-10H,4H2,1-3H3,(H,14,15)/t9-,10+/m1/s1. The molecular weight excluding hydrogens is 188 g/mol. The molecule has 0 fully saturated rings. The number of rotatable bonds is 4. The molecule has 0 saturated carbocycles. The van der Waals surface area contributed by atoms with Crippen molar-refractivity contribution in [2.45, 2.75) is 39.0 Å². The normalized spacial score (nSPS) is 14.6. The summed E-state index contributed by atoms with van der Waals surface area (Å²) >= 11 is 0. The number of aliphatic carboxylic acids is 1. The van der Waals surface area contributed by atoms with Crippen molar-refractivity contribution < 1.29 is 9.90 Å². The molecule has 1 aromatic carbocycles. The second-order valence-electron chi connectivity index (χ2n) is 4.04. The third kappa shape index (κ3) is 2.82. The van der Waals surface area contributed by atoms with Crippen molar-refractivity contribution in [2.24, 2.45) is 0 Å². The van der Waals surface area contributed by atoms with Gasteiger partial charge in [-0.3, -0.25) is 4.79 Å². The van der Waals surface area contributed by atoms with Gasteiger partial charge >= 0.3 is 5.97 Å². The Balaban J connectivity index is 2.97.